The van der Waals surface area contributed by atoms with Crippen LogP contribution in [0.25, 0.3) is 0 Å². The molecule has 128 valence electrons. The average molecular weight is 328 g/mol. The molecule has 0 saturated carbocycles. The van der Waals surface area contributed by atoms with E-state index in [2.05, 4.69) is 34.1 Å². The second kappa shape index (κ2) is 6.85. The van der Waals surface area contributed by atoms with Crippen LogP contribution in [0, 0.1) is 5.92 Å². The van der Waals surface area contributed by atoms with Crippen molar-refractivity contribution in [3.05, 3.63) is 35.9 Å². The molecule has 24 heavy (non-hydrogen) atoms. The van der Waals surface area contributed by atoms with Gasteiger partial charge in [-0.25, -0.2) is 0 Å². The van der Waals surface area contributed by atoms with E-state index in [0.717, 1.165) is 63.5 Å². The number of carbonyl (C=O) groups is 1. The standard InChI is InChI=1S/C19H24N2O3/c22-19(16-4-2-1-3-5-16)21-10-8-20(9-11-21)13-15-6-7-17-18(12-15)24-14-23-17/h1-2,6-7,12,16H,3-5,8-11,13-14H2/t16-/m1/s1. The number of carbonyl (C=O) groups excluding carboxylic acids is 1. The van der Waals surface area contributed by atoms with Crippen LogP contribution in [0.4, 0.5) is 0 Å². The van der Waals surface area contributed by atoms with Crippen LogP contribution in [0.3, 0.4) is 0 Å². The zero-order valence-corrected chi connectivity index (χ0v) is 13.9. The molecule has 0 spiro atoms. The Morgan fingerprint density at radius 3 is 2.71 bits per heavy atom. The van der Waals surface area contributed by atoms with Gasteiger partial charge in [0.25, 0.3) is 0 Å². The van der Waals surface area contributed by atoms with Crippen LogP contribution in [-0.4, -0.2) is 48.7 Å². The Kier molecular flexibility index (Phi) is 4.43. The third kappa shape index (κ3) is 3.26. The summed E-state index contributed by atoms with van der Waals surface area (Å²) in [7, 11) is 0. The van der Waals surface area contributed by atoms with Gasteiger partial charge in [0.15, 0.2) is 11.5 Å². The second-order valence-electron chi connectivity index (χ2n) is 6.77. The van der Waals surface area contributed by atoms with Gasteiger partial charge in [0, 0.05) is 38.6 Å². The second-order valence-corrected chi connectivity index (χ2v) is 6.77. The van der Waals surface area contributed by atoms with Crippen LogP contribution in [-0.2, 0) is 11.3 Å². The van der Waals surface area contributed by atoms with Crippen LogP contribution < -0.4 is 9.47 Å². The van der Waals surface area contributed by atoms with Gasteiger partial charge in [-0.1, -0.05) is 18.2 Å². The first-order chi connectivity index (χ1) is 11.8. The van der Waals surface area contributed by atoms with E-state index < -0.39 is 0 Å². The average Bonchev–Trinajstić information content (AvgIpc) is 3.10. The molecule has 3 aliphatic rings. The number of benzene rings is 1. The van der Waals surface area contributed by atoms with Gasteiger partial charge in [-0.15, -0.1) is 0 Å². The first-order valence-electron chi connectivity index (χ1n) is 8.84. The molecule has 1 atom stereocenters. The monoisotopic (exact) mass is 328 g/mol. The van der Waals surface area contributed by atoms with Crippen molar-refractivity contribution < 1.29 is 14.3 Å². The predicted molar refractivity (Wildman–Crippen MR) is 90.9 cm³/mol. The van der Waals surface area contributed by atoms with Crippen LogP contribution in [0.2, 0.25) is 0 Å². The molecule has 0 bridgehead atoms. The van der Waals surface area contributed by atoms with Gasteiger partial charge in [0.2, 0.25) is 12.7 Å². The molecule has 1 aromatic carbocycles. The van der Waals surface area contributed by atoms with Crippen molar-refractivity contribution in [1.29, 1.82) is 0 Å². The topological polar surface area (TPSA) is 42.0 Å². The molecule has 0 radical (unpaired) electrons. The molecule has 0 unspecified atom stereocenters. The quantitative estimate of drug-likeness (QED) is 0.799. The summed E-state index contributed by atoms with van der Waals surface area (Å²) < 4.78 is 10.8. The SMILES string of the molecule is O=C([C@@H]1CC=CCC1)N1CCN(Cc2ccc3c(c2)OCO3)CC1. The number of amides is 1. The molecular formula is C19H24N2O3. The molecule has 1 amide bonds. The Balaban J connectivity index is 1.30. The third-order valence-corrected chi connectivity index (χ3v) is 5.15. The van der Waals surface area contributed by atoms with Crippen molar-refractivity contribution in [3.8, 4) is 11.5 Å². The number of piperazine rings is 1. The Hall–Kier alpha value is -2.01. The highest BCUT2D eigenvalue weighted by atomic mass is 16.7. The Morgan fingerprint density at radius 2 is 1.92 bits per heavy atom. The lowest BCUT2D eigenvalue weighted by atomic mass is 9.93. The van der Waals surface area contributed by atoms with Crippen LogP contribution >= 0.6 is 0 Å². The summed E-state index contributed by atoms with van der Waals surface area (Å²) in [5.74, 6) is 2.22. The van der Waals surface area contributed by atoms with E-state index in [1.807, 2.05) is 6.07 Å². The van der Waals surface area contributed by atoms with Crippen molar-refractivity contribution >= 4 is 5.91 Å². The van der Waals surface area contributed by atoms with Gasteiger partial charge < -0.3 is 14.4 Å². The molecule has 1 aliphatic carbocycles. The lowest BCUT2D eigenvalue weighted by Crippen LogP contribution is -2.50. The third-order valence-electron chi connectivity index (χ3n) is 5.15. The minimum Gasteiger partial charge on any atom is -0.454 e. The normalized spacial score (nSPS) is 23.5. The molecule has 4 rings (SSSR count). The highest BCUT2D eigenvalue weighted by molar-refractivity contribution is 5.79. The number of hydrogen-bond donors (Lipinski definition) is 0. The van der Waals surface area contributed by atoms with E-state index >= 15 is 0 Å². The Labute approximate surface area is 142 Å². The lowest BCUT2D eigenvalue weighted by Gasteiger charge is -2.36. The maximum atomic E-state index is 12.6. The van der Waals surface area contributed by atoms with Crippen LogP contribution in [0.1, 0.15) is 24.8 Å². The van der Waals surface area contributed by atoms with E-state index in [9.17, 15) is 4.79 Å². The van der Waals surface area contributed by atoms with Crippen molar-refractivity contribution in [1.82, 2.24) is 9.80 Å². The number of fused-ring (bicyclic) bond motifs is 1. The van der Waals surface area contributed by atoms with E-state index in [0.29, 0.717) is 12.7 Å². The first-order valence-corrected chi connectivity index (χ1v) is 8.84. The van der Waals surface area contributed by atoms with E-state index in [4.69, 9.17) is 9.47 Å². The van der Waals surface area contributed by atoms with Crippen molar-refractivity contribution in [3.63, 3.8) is 0 Å². The largest absolute Gasteiger partial charge is 0.454 e. The maximum Gasteiger partial charge on any atom is 0.231 e. The van der Waals surface area contributed by atoms with Gasteiger partial charge in [-0.2, -0.15) is 0 Å². The molecule has 0 N–H and O–H groups in total. The Morgan fingerprint density at radius 1 is 1.08 bits per heavy atom. The minimum atomic E-state index is 0.204. The van der Waals surface area contributed by atoms with Gasteiger partial charge in [-0.3, -0.25) is 9.69 Å². The molecule has 1 aromatic rings. The smallest absolute Gasteiger partial charge is 0.231 e. The van der Waals surface area contributed by atoms with E-state index in [1.165, 1.54) is 5.56 Å². The molecule has 0 aromatic heterocycles. The summed E-state index contributed by atoms with van der Waals surface area (Å²) in [4.78, 5) is 17.0. The molecule has 2 heterocycles. The Bertz CT molecular complexity index is 635. The number of rotatable bonds is 3. The fourth-order valence-electron chi connectivity index (χ4n) is 3.70. The van der Waals surface area contributed by atoms with Gasteiger partial charge in [-0.05, 0) is 37.0 Å². The van der Waals surface area contributed by atoms with Crippen molar-refractivity contribution in [2.45, 2.75) is 25.8 Å². The van der Waals surface area contributed by atoms with E-state index in [1.54, 1.807) is 0 Å². The van der Waals surface area contributed by atoms with Gasteiger partial charge >= 0.3 is 0 Å². The van der Waals surface area contributed by atoms with Crippen molar-refractivity contribution in [2.75, 3.05) is 33.0 Å². The van der Waals surface area contributed by atoms with Crippen LogP contribution in [0.5, 0.6) is 11.5 Å². The number of hydrogen-bond acceptors (Lipinski definition) is 4. The number of nitrogens with zero attached hydrogens (tertiary/aromatic N) is 2. The van der Waals surface area contributed by atoms with Crippen molar-refractivity contribution in [2.24, 2.45) is 5.92 Å². The van der Waals surface area contributed by atoms with E-state index in [-0.39, 0.29) is 5.92 Å². The highest BCUT2D eigenvalue weighted by Gasteiger charge is 2.27. The van der Waals surface area contributed by atoms with Gasteiger partial charge in [0.1, 0.15) is 0 Å². The maximum absolute atomic E-state index is 12.6. The zero-order chi connectivity index (χ0) is 16.4. The summed E-state index contributed by atoms with van der Waals surface area (Å²) in [5.41, 5.74) is 1.23. The van der Waals surface area contributed by atoms with Crippen LogP contribution in [0.15, 0.2) is 30.4 Å². The summed E-state index contributed by atoms with van der Waals surface area (Å²) in [6, 6.07) is 6.14. The highest BCUT2D eigenvalue weighted by Crippen LogP contribution is 2.33. The minimum absolute atomic E-state index is 0.204. The summed E-state index contributed by atoms with van der Waals surface area (Å²) >= 11 is 0. The molecule has 5 nitrogen and oxygen atoms in total. The number of allylic oxidation sites excluding steroid dienone is 2. The molecule has 5 heteroatoms. The molecular weight excluding hydrogens is 304 g/mol. The zero-order valence-electron chi connectivity index (χ0n) is 13.9. The summed E-state index contributed by atoms with van der Waals surface area (Å²) in [6.45, 7) is 4.75. The first kappa shape index (κ1) is 15.5. The molecule has 1 saturated heterocycles. The fraction of sp³-hybridized carbons (Fsp3) is 0.526. The molecule has 1 fully saturated rings. The summed E-state index contributed by atoms with van der Waals surface area (Å²) in [5, 5.41) is 0. The summed E-state index contributed by atoms with van der Waals surface area (Å²) in [6.07, 6.45) is 7.30. The van der Waals surface area contributed by atoms with Gasteiger partial charge in [0.05, 0.1) is 0 Å². The number of ether oxygens (including phenoxy) is 2. The lowest BCUT2D eigenvalue weighted by molar-refractivity contribution is -0.137. The molecule has 2 aliphatic heterocycles. The predicted octanol–water partition coefficient (Wildman–Crippen LogP) is 2.42. The fourth-order valence-corrected chi connectivity index (χ4v) is 3.70.